The average molecular weight is 578 g/mol. The highest BCUT2D eigenvalue weighted by molar-refractivity contribution is 6.38. The summed E-state index contributed by atoms with van der Waals surface area (Å²) in [4.78, 5) is 76.7. The van der Waals surface area contributed by atoms with Gasteiger partial charge in [0.2, 0.25) is 17.6 Å². The Bertz CT molecular complexity index is 1240. The number of rotatable bonds is 18. The van der Waals surface area contributed by atoms with Gasteiger partial charge in [0, 0.05) is 25.2 Å². The Kier molecular flexibility index (Phi) is 13.3. The summed E-state index contributed by atoms with van der Waals surface area (Å²) < 4.78 is 0. The van der Waals surface area contributed by atoms with Gasteiger partial charge in [-0.05, 0) is 30.9 Å². The second kappa shape index (κ2) is 16.3. The number of nitrogens with one attached hydrogen (secondary N) is 2. The number of primary amides is 1. The minimum absolute atomic E-state index is 0.0357. The summed E-state index contributed by atoms with van der Waals surface area (Å²) in [6.07, 6.45) is 1.91. The lowest BCUT2D eigenvalue weighted by molar-refractivity contribution is -0.142. The van der Waals surface area contributed by atoms with Crippen LogP contribution in [0.1, 0.15) is 70.9 Å². The van der Waals surface area contributed by atoms with Crippen molar-refractivity contribution in [1.82, 2.24) is 10.6 Å². The molecule has 0 spiro atoms. The fourth-order valence-electron chi connectivity index (χ4n) is 4.52. The van der Waals surface area contributed by atoms with Crippen LogP contribution in [0.25, 0.3) is 0 Å². The predicted molar refractivity (Wildman–Crippen MR) is 160 cm³/mol. The minimum atomic E-state index is -1.19. The van der Waals surface area contributed by atoms with Crippen LogP contribution in [0.2, 0.25) is 0 Å². The van der Waals surface area contributed by atoms with Gasteiger partial charge >= 0.3 is 0 Å². The third-order valence-electron chi connectivity index (χ3n) is 7.21. The molecule has 0 aromatic heterocycles. The van der Waals surface area contributed by atoms with Gasteiger partial charge in [-0.25, -0.2) is 0 Å². The molecule has 0 aliphatic carbocycles. The largest absolute Gasteiger partial charge is 0.369 e. The highest BCUT2D eigenvalue weighted by atomic mass is 16.2. The topological polar surface area (TPSA) is 152 Å². The molecule has 3 unspecified atom stereocenters. The number of carbonyl (C=O) groups excluding carboxylic acids is 6. The van der Waals surface area contributed by atoms with E-state index < -0.39 is 52.7 Å². The van der Waals surface area contributed by atoms with E-state index in [0.717, 1.165) is 17.5 Å². The number of ketones is 3. The molecule has 2 rings (SSSR count). The first kappa shape index (κ1) is 34.1. The van der Waals surface area contributed by atoms with Crippen molar-refractivity contribution in [2.45, 2.75) is 84.7 Å². The van der Waals surface area contributed by atoms with Gasteiger partial charge in [0.05, 0.1) is 17.5 Å². The molecule has 2 aromatic rings. The number of benzene rings is 2. The first-order valence-electron chi connectivity index (χ1n) is 14.4. The minimum Gasteiger partial charge on any atom is -0.369 e. The van der Waals surface area contributed by atoms with Crippen molar-refractivity contribution in [2.24, 2.45) is 17.1 Å². The molecule has 3 atom stereocenters. The van der Waals surface area contributed by atoms with Crippen molar-refractivity contribution in [3.8, 4) is 0 Å². The molecule has 0 fully saturated rings. The number of nitrogens with two attached hydrogens (primary N) is 1. The van der Waals surface area contributed by atoms with Crippen molar-refractivity contribution in [3.05, 3.63) is 71.8 Å². The second-order valence-corrected chi connectivity index (χ2v) is 11.4. The standard InChI is InChI=1S/C33H43N3O6/c1-5-6-17-27(28(38)21-33(3,4)32(34)42)36-31(41)29(39)22(2)35-30(40)25(18-23-13-9-7-10-14-23)20-26(37)19-24-15-11-8-12-16-24/h7-16,22,25,27H,5-6,17-21H2,1-4H3,(H2,34,42)(H,35,40)(H,36,41). The molecule has 0 radical (unpaired) electrons. The molecule has 0 aliphatic rings. The maximum absolute atomic E-state index is 13.3. The quantitative estimate of drug-likeness (QED) is 0.231. The zero-order chi connectivity index (χ0) is 31.3. The molecule has 4 N–H and O–H groups in total. The normalized spacial score (nSPS) is 13.3. The molecule has 9 nitrogen and oxygen atoms in total. The highest BCUT2D eigenvalue weighted by Gasteiger charge is 2.34. The van der Waals surface area contributed by atoms with E-state index >= 15 is 0 Å². The number of Topliss-reactive ketones (excluding diaryl/α,β-unsaturated/α-hetero) is 3. The van der Waals surface area contributed by atoms with Crippen LogP contribution >= 0.6 is 0 Å². The van der Waals surface area contributed by atoms with E-state index in [1.807, 2.05) is 67.6 Å². The number of unbranched alkanes of at least 4 members (excludes halogenated alkanes) is 1. The van der Waals surface area contributed by atoms with Crippen LogP contribution in [0.15, 0.2) is 60.7 Å². The van der Waals surface area contributed by atoms with E-state index in [4.69, 9.17) is 5.73 Å². The van der Waals surface area contributed by atoms with Gasteiger partial charge in [-0.15, -0.1) is 0 Å². The molecule has 0 saturated carbocycles. The molecule has 0 aliphatic heterocycles. The highest BCUT2D eigenvalue weighted by Crippen LogP contribution is 2.22. The Labute approximate surface area is 248 Å². The summed E-state index contributed by atoms with van der Waals surface area (Å²) in [5.74, 6) is -4.35. The SMILES string of the molecule is CCCCC(NC(=O)C(=O)C(C)NC(=O)C(CC(=O)Cc1ccccc1)Cc1ccccc1)C(=O)CC(C)(C)C(N)=O. The van der Waals surface area contributed by atoms with Crippen LogP contribution in [-0.2, 0) is 41.6 Å². The lowest BCUT2D eigenvalue weighted by Crippen LogP contribution is -2.52. The lowest BCUT2D eigenvalue weighted by atomic mass is 9.84. The third-order valence-corrected chi connectivity index (χ3v) is 7.21. The summed E-state index contributed by atoms with van der Waals surface area (Å²) >= 11 is 0. The van der Waals surface area contributed by atoms with E-state index in [0.29, 0.717) is 12.8 Å². The van der Waals surface area contributed by atoms with Crippen molar-refractivity contribution in [2.75, 3.05) is 0 Å². The van der Waals surface area contributed by atoms with Gasteiger partial charge in [0.15, 0.2) is 5.78 Å². The molecule has 2 aromatic carbocycles. The molecule has 226 valence electrons. The number of amides is 3. The van der Waals surface area contributed by atoms with Gasteiger partial charge in [0.25, 0.3) is 5.91 Å². The van der Waals surface area contributed by atoms with E-state index in [1.165, 1.54) is 6.92 Å². The Balaban J connectivity index is 2.10. The molecule has 0 bridgehead atoms. The maximum Gasteiger partial charge on any atom is 0.290 e. The first-order valence-corrected chi connectivity index (χ1v) is 14.4. The molecule has 0 saturated heterocycles. The van der Waals surface area contributed by atoms with Crippen LogP contribution in [0.3, 0.4) is 0 Å². The number of hydrogen-bond donors (Lipinski definition) is 3. The average Bonchev–Trinajstić information content (AvgIpc) is 2.94. The summed E-state index contributed by atoms with van der Waals surface area (Å²) in [6.45, 7) is 6.41. The van der Waals surface area contributed by atoms with Gasteiger partial charge in [0.1, 0.15) is 5.78 Å². The Morgan fingerprint density at radius 3 is 1.98 bits per heavy atom. The fraction of sp³-hybridized carbons (Fsp3) is 0.455. The van der Waals surface area contributed by atoms with Crippen molar-refractivity contribution in [1.29, 1.82) is 0 Å². The third kappa shape index (κ3) is 11.0. The Morgan fingerprint density at radius 1 is 0.857 bits per heavy atom. The van der Waals surface area contributed by atoms with E-state index in [1.54, 1.807) is 13.8 Å². The van der Waals surface area contributed by atoms with Crippen molar-refractivity contribution in [3.63, 3.8) is 0 Å². The molecular weight excluding hydrogens is 534 g/mol. The van der Waals surface area contributed by atoms with Crippen LogP contribution in [0.4, 0.5) is 0 Å². The molecule has 9 heteroatoms. The van der Waals surface area contributed by atoms with E-state index in [-0.39, 0.29) is 31.5 Å². The maximum atomic E-state index is 13.3. The Morgan fingerprint density at radius 2 is 1.43 bits per heavy atom. The van der Waals surface area contributed by atoms with Crippen LogP contribution in [0.5, 0.6) is 0 Å². The molecule has 3 amide bonds. The van der Waals surface area contributed by atoms with Crippen molar-refractivity contribution >= 4 is 35.1 Å². The van der Waals surface area contributed by atoms with Gasteiger partial charge in [-0.1, -0.05) is 94.3 Å². The predicted octanol–water partition coefficient (Wildman–Crippen LogP) is 3.27. The van der Waals surface area contributed by atoms with Crippen molar-refractivity contribution < 1.29 is 28.8 Å². The zero-order valence-corrected chi connectivity index (χ0v) is 25.0. The van der Waals surface area contributed by atoms with Crippen LogP contribution in [0, 0.1) is 11.3 Å². The summed E-state index contributed by atoms with van der Waals surface area (Å²) in [5.41, 5.74) is 5.99. The van der Waals surface area contributed by atoms with Gasteiger partial charge in [-0.2, -0.15) is 0 Å². The number of carbonyl (C=O) groups is 6. The summed E-state index contributed by atoms with van der Waals surface area (Å²) in [5, 5.41) is 5.10. The molecular formula is C33H43N3O6. The monoisotopic (exact) mass is 577 g/mol. The Hall–Kier alpha value is -4.14. The molecule has 0 heterocycles. The smallest absolute Gasteiger partial charge is 0.290 e. The van der Waals surface area contributed by atoms with Gasteiger partial charge in [-0.3, -0.25) is 28.8 Å². The zero-order valence-electron chi connectivity index (χ0n) is 25.0. The van der Waals surface area contributed by atoms with Crippen LogP contribution < -0.4 is 16.4 Å². The molecule has 42 heavy (non-hydrogen) atoms. The van der Waals surface area contributed by atoms with E-state index in [2.05, 4.69) is 10.6 Å². The number of hydrogen-bond acceptors (Lipinski definition) is 6. The lowest BCUT2D eigenvalue weighted by Gasteiger charge is -2.24. The second-order valence-electron chi connectivity index (χ2n) is 11.4. The summed E-state index contributed by atoms with van der Waals surface area (Å²) in [6, 6.07) is 16.3. The fourth-order valence-corrected chi connectivity index (χ4v) is 4.52. The van der Waals surface area contributed by atoms with Crippen LogP contribution in [-0.4, -0.2) is 47.2 Å². The van der Waals surface area contributed by atoms with Gasteiger partial charge < -0.3 is 16.4 Å². The van der Waals surface area contributed by atoms with E-state index in [9.17, 15) is 28.8 Å². The summed E-state index contributed by atoms with van der Waals surface area (Å²) in [7, 11) is 0. The first-order chi connectivity index (χ1) is 19.8.